The van der Waals surface area contributed by atoms with Crippen molar-refractivity contribution < 1.29 is 5.11 Å². The Morgan fingerprint density at radius 2 is 2.31 bits per heavy atom. The Labute approximate surface area is 79.8 Å². The average molecular weight is 178 g/mol. The van der Waals surface area contributed by atoms with Crippen molar-refractivity contribution in [1.29, 1.82) is 0 Å². The highest BCUT2D eigenvalue weighted by Gasteiger charge is 2.63. The Kier molecular flexibility index (Phi) is 1.36. The SMILES string of the molecule is CC12C=CCC13CCCC3CC2O. The third kappa shape index (κ3) is 0.698. The zero-order chi connectivity index (χ0) is 9.10. The topological polar surface area (TPSA) is 20.2 Å². The fourth-order valence-corrected chi connectivity index (χ4v) is 4.32. The van der Waals surface area contributed by atoms with Gasteiger partial charge in [-0.3, -0.25) is 0 Å². The number of aliphatic hydroxyl groups excluding tert-OH is 1. The molecule has 3 aliphatic rings. The molecule has 13 heavy (non-hydrogen) atoms. The summed E-state index contributed by atoms with van der Waals surface area (Å²) in [6.45, 7) is 2.27. The zero-order valence-corrected chi connectivity index (χ0v) is 8.29. The molecule has 4 unspecified atom stereocenters. The molecule has 0 aromatic heterocycles. The summed E-state index contributed by atoms with van der Waals surface area (Å²) >= 11 is 0. The fraction of sp³-hybridized carbons (Fsp3) is 0.833. The minimum atomic E-state index is -0.0726. The molecule has 2 saturated carbocycles. The smallest absolute Gasteiger partial charge is 0.0636 e. The molecule has 3 rings (SSSR count). The maximum atomic E-state index is 10.1. The van der Waals surface area contributed by atoms with Gasteiger partial charge in [0.2, 0.25) is 0 Å². The largest absolute Gasteiger partial charge is 0.392 e. The monoisotopic (exact) mass is 178 g/mol. The molecule has 1 spiro atoms. The van der Waals surface area contributed by atoms with E-state index in [0.29, 0.717) is 5.41 Å². The molecule has 0 amide bonds. The van der Waals surface area contributed by atoms with Gasteiger partial charge in [-0.2, -0.15) is 0 Å². The van der Waals surface area contributed by atoms with Crippen LogP contribution in [0.15, 0.2) is 12.2 Å². The molecule has 2 fully saturated rings. The van der Waals surface area contributed by atoms with Gasteiger partial charge < -0.3 is 5.11 Å². The van der Waals surface area contributed by atoms with Crippen LogP contribution in [0.5, 0.6) is 0 Å². The van der Waals surface area contributed by atoms with E-state index in [9.17, 15) is 5.11 Å². The molecule has 0 aliphatic heterocycles. The number of hydrogen-bond donors (Lipinski definition) is 1. The van der Waals surface area contributed by atoms with Crippen molar-refractivity contribution in [2.45, 2.75) is 45.1 Å². The first-order valence-corrected chi connectivity index (χ1v) is 5.55. The Bertz CT molecular complexity index is 270. The number of hydrogen-bond acceptors (Lipinski definition) is 1. The lowest BCUT2D eigenvalue weighted by atomic mass is 9.65. The molecule has 0 saturated heterocycles. The van der Waals surface area contributed by atoms with E-state index in [1.54, 1.807) is 0 Å². The molecule has 1 nitrogen and oxygen atoms in total. The highest BCUT2D eigenvalue weighted by molar-refractivity contribution is 5.25. The standard InChI is InChI=1S/C12H18O/c1-11-5-3-7-12(11)6-2-4-9(12)8-10(11)13/h3,5,9-10,13H,2,4,6-8H2,1H3. The molecule has 0 heterocycles. The fourth-order valence-electron chi connectivity index (χ4n) is 4.32. The summed E-state index contributed by atoms with van der Waals surface area (Å²) in [4.78, 5) is 0. The average Bonchev–Trinajstić information content (AvgIpc) is 2.66. The second-order valence-corrected chi connectivity index (χ2v) is 5.39. The van der Waals surface area contributed by atoms with Gasteiger partial charge in [-0.25, -0.2) is 0 Å². The van der Waals surface area contributed by atoms with E-state index in [4.69, 9.17) is 0 Å². The third-order valence-electron chi connectivity index (χ3n) is 5.18. The molecule has 0 aromatic rings. The predicted molar refractivity (Wildman–Crippen MR) is 52.3 cm³/mol. The van der Waals surface area contributed by atoms with Gasteiger partial charge >= 0.3 is 0 Å². The lowest BCUT2D eigenvalue weighted by molar-refractivity contribution is 0.0347. The van der Waals surface area contributed by atoms with Crippen LogP contribution in [-0.4, -0.2) is 11.2 Å². The van der Waals surface area contributed by atoms with Crippen molar-refractivity contribution in [3.63, 3.8) is 0 Å². The summed E-state index contributed by atoms with van der Waals surface area (Å²) in [6.07, 6.45) is 10.9. The number of aliphatic hydroxyl groups is 1. The second kappa shape index (κ2) is 2.20. The quantitative estimate of drug-likeness (QED) is 0.565. The first-order chi connectivity index (χ1) is 6.19. The molecular weight excluding hydrogens is 160 g/mol. The number of allylic oxidation sites excluding steroid dienone is 1. The summed E-state index contributed by atoms with van der Waals surface area (Å²) in [5.41, 5.74) is 0.584. The molecule has 1 heteroatoms. The van der Waals surface area contributed by atoms with Crippen molar-refractivity contribution in [3.8, 4) is 0 Å². The van der Waals surface area contributed by atoms with Gasteiger partial charge in [0.25, 0.3) is 0 Å². The van der Waals surface area contributed by atoms with Crippen LogP contribution >= 0.6 is 0 Å². The van der Waals surface area contributed by atoms with Crippen LogP contribution in [0, 0.1) is 16.7 Å². The Morgan fingerprint density at radius 1 is 1.46 bits per heavy atom. The summed E-state index contributed by atoms with van der Waals surface area (Å²) in [5.74, 6) is 0.808. The van der Waals surface area contributed by atoms with Crippen LogP contribution in [0.3, 0.4) is 0 Å². The van der Waals surface area contributed by atoms with Crippen molar-refractivity contribution in [3.05, 3.63) is 12.2 Å². The molecule has 3 aliphatic carbocycles. The van der Waals surface area contributed by atoms with E-state index in [2.05, 4.69) is 19.1 Å². The van der Waals surface area contributed by atoms with Crippen molar-refractivity contribution in [2.75, 3.05) is 0 Å². The molecular formula is C12H18O. The highest BCUT2D eigenvalue weighted by atomic mass is 16.3. The maximum Gasteiger partial charge on any atom is 0.0636 e. The Balaban J connectivity index is 2.10. The van der Waals surface area contributed by atoms with Gasteiger partial charge in [-0.05, 0) is 37.0 Å². The summed E-state index contributed by atoms with van der Waals surface area (Å²) < 4.78 is 0. The highest BCUT2D eigenvalue weighted by Crippen LogP contribution is 2.68. The first-order valence-electron chi connectivity index (χ1n) is 5.55. The predicted octanol–water partition coefficient (Wildman–Crippen LogP) is 2.50. The van der Waals surface area contributed by atoms with E-state index >= 15 is 0 Å². The lowest BCUT2D eigenvalue weighted by Crippen LogP contribution is -2.37. The lowest BCUT2D eigenvalue weighted by Gasteiger charge is -2.39. The van der Waals surface area contributed by atoms with Crippen molar-refractivity contribution >= 4 is 0 Å². The number of rotatable bonds is 0. The van der Waals surface area contributed by atoms with Crippen LogP contribution in [0.2, 0.25) is 0 Å². The second-order valence-electron chi connectivity index (χ2n) is 5.39. The van der Waals surface area contributed by atoms with Gasteiger partial charge in [0.15, 0.2) is 0 Å². The van der Waals surface area contributed by atoms with Crippen LogP contribution in [0.25, 0.3) is 0 Å². The summed E-state index contributed by atoms with van der Waals surface area (Å²) in [6, 6.07) is 0. The van der Waals surface area contributed by atoms with Crippen LogP contribution in [0.4, 0.5) is 0 Å². The normalized spacial score (nSPS) is 58.3. The molecule has 0 bridgehead atoms. The molecule has 72 valence electrons. The van der Waals surface area contributed by atoms with Gasteiger partial charge in [0.1, 0.15) is 0 Å². The van der Waals surface area contributed by atoms with Gasteiger partial charge in [-0.15, -0.1) is 0 Å². The summed E-state index contributed by atoms with van der Waals surface area (Å²) in [7, 11) is 0. The third-order valence-corrected chi connectivity index (χ3v) is 5.18. The van der Waals surface area contributed by atoms with Crippen LogP contribution in [-0.2, 0) is 0 Å². The zero-order valence-electron chi connectivity index (χ0n) is 8.29. The van der Waals surface area contributed by atoms with Gasteiger partial charge in [-0.1, -0.05) is 25.5 Å². The van der Waals surface area contributed by atoms with E-state index in [-0.39, 0.29) is 11.5 Å². The molecule has 1 N–H and O–H groups in total. The van der Waals surface area contributed by atoms with Crippen LogP contribution in [0.1, 0.15) is 39.0 Å². The molecule has 0 radical (unpaired) electrons. The Morgan fingerprint density at radius 3 is 3.15 bits per heavy atom. The minimum absolute atomic E-state index is 0.0726. The summed E-state index contributed by atoms with van der Waals surface area (Å²) in [5, 5.41) is 10.1. The maximum absolute atomic E-state index is 10.1. The van der Waals surface area contributed by atoms with E-state index in [0.717, 1.165) is 12.3 Å². The van der Waals surface area contributed by atoms with E-state index < -0.39 is 0 Å². The van der Waals surface area contributed by atoms with Crippen molar-refractivity contribution in [1.82, 2.24) is 0 Å². The minimum Gasteiger partial charge on any atom is -0.392 e. The van der Waals surface area contributed by atoms with E-state index in [1.807, 2.05) is 0 Å². The van der Waals surface area contributed by atoms with Gasteiger partial charge in [0.05, 0.1) is 6.10 Å². The van der Waals surface area contributed by atoms with Crippen LogP contribution < -0.4 is 0 Å². The van der Waals surface area contributed by atoms with Gasteiger partial charge in [0, 0.05) is 5.41 Å². The van der Waals surface area contributed by atoms with E-state index in [1.165, 1.54) is 25.7 Å². The Hall–Kier alpha value is -0.300. The van der Waals surface area contributed by atoms with Crippen molar-refractivity contribution in [2.24, 2.45) is 16.7 Å². The molecule has 4 atom stereocenters. The first kappa shape index (κ1) is 8.05. The molecule has 0 aromatic carbocycles.